The highest BCUT2D eigenvalue weighted by atomic mass is 16.4. The Hall–Kier alpha value is -7.65. The molecule has 15 heteroatoms. The molecule has 1 aliphatic carbocycles. The van der Waals surface area contributed by atoms with Gasteiger partial charge in [0, 0.05) is 60.5 Å². The molecule has 1 aromatic heterocycles. The second-order valence-corrected chi connectivity index (χ2v) is 19.1. The van der Waals surface area contributed by atoms with Gasteiger partial charge in [0.05, 0.1) is 36.4 Å². The van der Waals surface area contributed by atoms with Crippen molar-refractivity contribution in [1.82, 2.24) is 25.4 Å². The van der Waals surface area contributed by atoms with Gasteiger partial charge in [-0.3, -0.25) is 43.5 Å². The Balaban J connectivity index is 0.946. The molecule has 1 saturated carbocycles. The fraction of sp³-hybridized carbons (Fsp3) is 0.339. The minimum absolute atomic E-state index is 0.0868. The molecule has 5 aromatic rings. The lowest BCUT2D eigenvalue weighted by Crippen LogP contribution is -2.56. The lowest BCUT2D eigenvalue weighted by atomic mass is 9.61. The molecule has 4 amide bonds. The Morgan fingerprint density at radius 1 is 0.845 bits per heavy atom. The van der Waals surface area contributed by atoms with E-state index in [4.69, 9.17) is 10.1 Å². The highest BCUT2D eigenvalue weighted by Gasteiger charge is 2.44. The molecule has 1 saturated heterocycles. The average Bonchev–Trinajstić information content (AvgIpc) is 4.03. The van der Waals surface area contributed by atoms with Crippen molar-refractivity contribution >= 4 is 63.8 Å². The minimum Gasteiger partial charge on any atom is -0.481 e. The van der Waals surface area contributed by atoms with Gasteiger partial charge in [0.15, 0.2) is 5.78 Å². The summed E-state index contributed by atoms with van der Waals surface area (Å²) in [6, 6.07) is 31.1. The van der Waals surface area contributed by atoms with Crippen LogP contribution in [-0.2, 0) is 45.4 Å². The van der Waals surface area contributed by atoms with Crippen LogP contribution in [0.1, 0.15) is 87.1 Å². The monoisotopic (exact) mass is 956 g/mol. The molecule has 9 rings (SSSR count). The van der Waals surface area contributed by atoms with Crippen molar-refractivity contribution in [2.75, 3.05) is 19.7 Å². The topological polar surface area (TPSA) is 216 Å². The number of nitrogens with one attached hydrogen (secondary N) is 2. The van der Waals surface area contributed by atoms with Crippen molar-refractivity contribution in [3.05, 3.63) is 132 Å². The molecule has 4 heterocycles. The van der Waals surface area contributed by atoms with E-state index in [1.165, 1.54) is 11.8 Å². The summed E-state index contributed by atoms with van der Waals surface area (Å²) in [6.45, 7) is 1.12. The lowest BCUT2D eigenvalue weighted by molar-refractivity contribution is -0.142. The normalized spacial score (nSPS) is 17.9. The SMILES string of the molecule is C[C@@H](NC(=O)[C@H](CO)CC(=O)CCC(=O)O)C(=O)N1CCC[C@H]1C(=O)N[C@@H](Cc1cccc2ccccc12)C(=O)CC1(c2ccc(-c3nc4c(cc3-c3ccccc3)C3=NCC(=O)N3C=C4)cc2)CCC1. The third kappa shape index (κ3) is 10.2. The van der Waals surface area contributed by atoms with Crippen LogP contribution in [-0.4, -0.2) is 110 Å². The number of hydrogen-bond acceptors (Lipinski definition) is 10. The van der Waals surface area contributed by atoms with Crippen LogP contribution in [0.4, 0.5) is 0 Å². The number of carboxylic acids is 1. The first-order chi connectivity index (χ1) is 34.3. The molecule has 71 heavy (non-hydrogen) atoms. The molecule has 4 aliphatic rings. The van der Waals surface area contributed by atoms with Crippen LogP contribution in [0.5, 0.6) is 0 Å². The van der Waals surface area contributed by atoms with E-state index in [0.717, 1.165) is 69.1 Å². The smallest absolute Gasteiger partial charge is 0.303 e. The van der Waals surface area contributed by atoms with Gasteiger partial charge in [0.2, 0.25) is 17.7 Å². The summed E-state index contributed by atoms with van der Waals surface area (Å²) in [4.78, 5) is 105. The second kappa shape index (κ2) is 20.7. The maximum absolute atomic E-state index is 15.0. The number of aromatic nitrogens is 1. The van der Waals surface area contributed by atoms with Crippen molar-refractivity contribution in [1.29, 1.82) is 0 Å². The summed E-state index contributed by atoms with van der Waals surface area (Å²) in [5.74, 6) is -4.20. The Morgan fingerprint density at radius 2 is 1.59 bits per heavy atom. The van der Waals surface area contributed by atoms with Gasteiger partial charge in [-0.15, -0.1) is 0 Å². The number of likely N-dealkylation sites (tertiary alicyclic amines) is 1. The van der Waals surface area contributed by atoms with Crippen LogP contribution in [0.15, 0.2) is 114 Å². The first kappa shape index (κ1) is 48.4. The number of carboxylic acid groups (broad SMARTS) is 1. The molecule has 15 nitrogen and oxygen atoms in total. The summed E-state index contributed by atoms with van der Waals surface area (Å²) in [5.41, 5.74) is 6.46. The maximum Gasteiger partial charge on any atom is 0.303 e. The second-order valence-electron chi connectivity index (χ2n) is 19.1. The molecule has 0 radical (unpaired) electrons. The highest BCUT2D eigenvalue weighted by Crippen LogP contribution is 2.48. The molecular formula is C56H56N6O9. The van der Waals surface area contributed by atoms with Crippen molar-refractivity contribution in [3.63, 3.8) is 0 Å². The van der Waals surface area contributed by atoms with Gasteiger partial charge in [0.1, 0.15) is 30.2 Å². The summed E-state index contributed by atoms with van der Waals surface area (Å²) >= 11 is 0. The van der Waals surface area contributed by atoms with Crippen molar-refractivity contribution in [2.24, 2.45) is 10.9 Å². The number of aliphatic imine (C=N–C) groups is 1. The number of ketones is 2. The van der Waals surface area contributed by atoms with Gasteiger partial charge < -0.3 is 25.7 Å². The van der Waals surface area contributed by atoms with Crippen LogP contribution in [0, 0.1) is 5.92 Å². The van der Waals surface area contributed by atoms with E-state index >= 15 is 0 Å². The lowest BCUT2D eigenvalue weighted by Gasteiger charge is -2.43. The molecule has 4 aromatic carbocycles. The summed E-state index contributed by atoms with van der Waals surface area (Å²) in [7, 11) is 0. The number of rotatable bonds is 19. The molecule has 4 N–H and O–H groups in total. The molecule has 0 spiro atoms. The highest BCUT2D eigenvalue weighted by molar-refractivity contribution is 6.16. The number of fused-ring (bicyclic) bond motifs is 4. The molecular weight excluding hydrogens is 901 g/mol. The Morgan fingerprint density at radius 3 is 2.32 bits per heavy atom. The zero-order chi connectivity index (χ0) is 49.8. The number of amidine groups is 1. The molecule has 364 valence electrons. The van der Waals surface area contributed by atoms with Crippen LogP contribution in [0.2, 0.25) is 0 Å². The number of nitrogens with zero attached hydrogens (tertiary/aromatic N) is 4. The summed E-state index contributed by atoms with van der Waals surface area (Å²) in [6.07, 6.45) is 6.24. The first-order valence-corrected chi connectivity index (χ1v) is 24.3. The van der Waals surface area contributed by atoms with Gasteiger partial charge in [-0.2, -0.15) is 0 Å². The third-order valence-corrected chi connectivity index (χ3v) is 14.5. The number of aliphatic hydroxyl groups excluding tert-OH is 1. The van der Waals surface area contributed by atoms with E-state index in [-0.39, 0.29) is 50.5 Å². The number of pyridine rings is 1. The van der Waals surface area contributed by atoms with E-state index < -0.39 is 72.0 Å². The Labute approximate surface area is 411 Å². The van der Waals surface area contributed by atoms with Gasteiger partial charge in [-0.05, 0) is 72.2 Å². The Bertz CT molecular complexity index is 2980. The number of amides is 4. The first-order valence-electron chi connectivity index (χ1n) is 24.3. The summed E-state index contributed by atoms with van der Waals surface area (Å²) < 4.78 is 0. The van der Waals surface area contributed by atoms with Crippen molar-refractivity contribution in [2.45, 2.75) is 94.7 Å². The number of Topliss-reactive ketones (excluding diaryl/α,β-unsaturated/α-hetero) is 2. The number of carbonyl (C=O) groups is 7. The number of aliphatic hydroxyl groups is 1. The standard InChI is InChI=1S/C56H56N6O9/c1-34(58-53(69)39(33-63)28-41(64)21-22-50(67)68)55(71)61-26-8-16-47(61)54(70)60-46(29-38-14-7-13-35-12-5-6-15-42(35)38)48(65)31-56(24-9-25-56)40-19-17-37(18-20-40)51-43(36-10-3-2-4-11-36)30-44-45(59-51)23-27-62-49(66)32-57-52(44)62/h2-7,10-15,17-20,23,27,30,34,39,46-47,63H,8-9,16,21-22,24-26,28-29,31-33H2,1H3,(H,58,69)(H,60,70)(H,67,68)/t34-,39+,46+,47+/m1/s1. The van der Waals surface area contributed by atoms with Crippen molar-refractivity contribution in [3.8, 4) is 22.4 Å². The van der Waals surface area contributed by atoms with E-state index in [9.17, 15) is 38.7 Å². The van der Waals surface area contributed by atoms with E-state index in [1.807, 2.05) is 91.0 Å². The van der Waals surface area contributed by atoms with E-state index in [0.29, 0.717) is 24.4 Å². The number of benzene rings is 4. The molecule has 4 atom stereocenters. The zero-order valence-corrected chi connectivity index (χ0v) is 39.5. The predicted octanol–water partition coefficient (Wildman–Crippen LogP) is 6.18. The zero-order valence-electron chi connectivity index (χ0n) is 39.5. The number of hydrogen-bond donors (Lipinski definition) is 4. The maximum atomic E-state index is 15.0. The molecule has 0 unspecified atom stereocenters. The molecule has 0 bridgehead atoms. The van der Waals surface area contributed by atoms with Gasteiger partial charge in [0.25, 0.3) is 5.91 Å². The quantitative estimate of drug-likeness (QED) is 0.0738. The predicted molar refractivity (Wildman–Crippen MR) is 267 cm³/mol. The van der Waals surface area contributed by atoms with Crippen LogP contribution in [0.25, 0.3) is 39.2 Å². The molecule has 2 fully saturated rings. The fourth-order valence-electron chi connectivity index (χ4n) is 10.4. The Kier molecular flexibility index (Phi) is 14.1. The van der Waals surface area contributed by atoms with Crippen LogP contribution >= 0.6 is 0 Å². The van der Waals surface area contributed by atoms with Gasteiger partial charge >= 0.3 is 5.97 Å². The van der Waals surface area contributed by atoms with E-state index in [1.54, 1.807) is 11.1 Å². The fourth-order valence-corrected chi connectivity index (χ4v) is 10.4. The molecule has 3 aliphatic heterocycles. The van der Waals surface area contributed by atoms with Crippen molar-refractivity contribution < 1.29 is 43.8 Å². The minimum atomic E-state index is -1.18. The van der Waals surface area contributed by atoms with Gasteiger partial charge in [-0.1, -0.05) is 103 Å². The summed E-state index contributed by atoms with van der Waals surface area (Å²) in [5, 5.41) is 26.4. The van der Waals surface area contributed by atoms with E-state index in [2.05, 4.69) is 33.8 Å². The number of carbonyl (C=O) groups excluding carboxylic acids is 6. The van der Waals surface area contributed by atoms with Gasteiger partial charge in [-0.25, -0.2) is 4.98 Å². The average molecular weight is 957 g/mol. The van der Waals surface area contributed by atoms with Crippen LogP contribution in [0.3, 0.4) is 0 Å². The third-order valence-electron chi connectivity index (χ3n) is 14.5. The number of aliphatic carboxylic acids is 1. The van der Waals surface area contributed by atoms with Crippen LogP contribution < -0.4 is 10.6 Å². The largest absolute Gasteiger partial charge is 0.481 e.